The number of ether oxygens (including phenoxy) is 4. The molecule has 0 saturated heterocycles. The van der Waals surface area contributed by atoms with E-state index in [2.05, 4.69) is 33.6 Å². The molecule has 0 amide bonds. The number of terminal acetylenes is 4. The molecule has 64 heavy (non-hydrogen) atoms. The van der Waals surface area contributed by atoms with Gasteiger partial charge in [0, 0.05) is 69.5 Å². The highest BCUT2D eigenvalue weighted by Gasteiger charge is 2.24. The van der Waals surface area contributed by atoms with Crippen LogP contribution in [0.2, 0.25) is 0 Å². The molecule has 0 spiro atoms. The van der Waals surface area contributed by atoms with Crippen LogP contribution in [0.1, 0.15) is 51.4 Å². The second kappa shape index (κ2) is 18.7. The van der Waals surface area contributed by atoms with Crippen molar-refractivity contribution in [3.8, 4) is 118 Å². The molecule has 314 valence electrons. The highest BCUT2D eigenvalue weighted by Crippen LogP contribution is 2.40. The molecule has 4 aromatic carbocycles. The van der Waals surface area contributed by atoms with Gasteiger partial charge in [0.05, 0.1) is 26.4 Å². The van der Waals surface area contributed by atoms with Crippen LogP contribution in [0.3, 0.4) is 0 Å². The van der Waals surface area contributed by atoms with Gasteiger partial charge in [0.25, 0.3) is 0 Å². The lowest BCUT2D eigenvalue weighted by molar-refractivity contribution is 0.313. The van der Waals surface area contributed by atoms with Gasteiger partial charge in [-0.3, -0.25) is 0 Å². The zero-order chi connectivity index (χ0) is 43.8. The van der Waals surface area contributed by atoms with Crippen LogP contribution in [0.15, 0.2) is 72.8 Å². The lowest BCUT2D eigenvalue weighted by atomic mass is 10.1. The maximum Gasteiger partial charge on any atom is 0.164 e. The minimum atomic E-state index is 0.437. The Balaban J connectivity index is 1.30. The van der Waals surface area contributed by atoms with Gasteiger partial charge in [-0.05, 0) is 98.5 Å². The third-order valence-electron chi connectivity index (χ3n) is 10.7. The van der Waals surface area contributed by atoms with E-state index >= 15 is 0 Å². The van der Waals surface area contributed by atoms with Crippen LogP contribution in [0, 0.1) is 49.4 Å². The van der Waals surface area contributed by atoms with Crippen molar-refractivity contribution in [3.63, 3.8) is 0 Å². The van der Waals surface area contributed by atoms with Crippen LogP contribution in [0.25, 0.3) is 89.7 Å². The van der Waals surface area contributed by atoms with Crippen LogP contribution in [0.4, 0.5) is 0 Å². The molecule has 2 N–H and O–H groups in total. The van der Waals surface area contributed by atoms with E-state index in [0.29, 0.717) is 121 Å². The van der Waals surface area contributed by atoms with Gasteiger partial charge in [-0.1, -0.05) is 0 Å². The molecule has 2 aliphatic heterocycles. The number of H-pyrrole nitrogens is 2. The van der Waals surface area contributed by atoms with Gasteiger partial charge in [-0.15, -0.1) is 49.4 Å². The third-order valence-corrected chi connectivity index (χ3v) is 10.7. The molecule has 3 aromatic heterocycles. The van der Waals surface area contributed by atoms with Crippen LogP contribution >= 0.6 is 0 Å². The Morgan fingerprint density at radius 2 is 0.672 bits per heavy atom. The largest absolute Gasteiger partial charge is 0.494 e. The number of unbranched alkanes of at least 4 members (excludes halogenated alkanes) is 4. The summed E-state index contributed by atoms with van der Waals surface area (Å²) >= 11 is 0. The van der Waals surface area contributed by atoms with Crippen LogP contribution in [-0.4, -0.2) is 66.3 Å². The topological polar surface area (TPSA) is 146 Å². The Bertz CT molecular complexity index is 3050. The van der Waals surface area contributed by atoms with Crippen LogP contribution in [0.5, 0.6) is 23.0 Å². The van der Waals surface area contributed by atoms with Gasteiger partial charge >= 0.3 is 0 Å². The number of rotatable bonds is 16. The molecule has 0 atom stereocenters. The SMILES string of the molecule is C#CCCCOc1ccc2c(c1)-c1nc-2nc2[nH]c(nc3nc(nc4[nH]c(n1)c1ccc(OCCCC#C)cc41)-c1ccc(OCCCC#C)cc1-3)c1ccc(OCCCC#C)cc21. The van der Waals surface area contributed by atoms with Gasteiger partial charge in [0.1, 0.15) is 45.6 Å². The van der Waals surface area contributed by atoms with E-state index in [1.165, 1.54) is 0 Å². The smallest absolute Gasteiger partial charge is 0.164 e. The molecule has 2 aliphatic rings. The Morgan fingerprint density at radius 3 is 1.03 bits per heavy atom. The molecule has 0 saturated carbocycles. The third kappa shape index (κ3) is 8.59. The van der Waals surface area contributed by atoms with Crippen molar-refractivity contribution in [2.24, 2.45) is 0 Å². The lowest BCUT2D eigenvalue weighted by Gasteiger charge is -2.07. The fourth-order valence-corrected chi connectivity index (χ4v) is 7.53. The molecule has 7 aromatic rings. The molecule has 12 heteroatoms. The summed E-state index contributed by atoms with van der Waals surface area (Å²) < 4.78 is 24.5. The molecule has 12 nitrogen and oxygen atoms in total. The maximum atomic E-state index is 6.14. The summed E-state index contributed by atoms with van der Waals surface area (Å²) in [5.41, 5.74) is 5.15. The Kier molecular flexibility index (Phi) is 12.0. The fraction of sp³-hybridized carbons (Fsp3) is 0.231. The van der Waals surface area contributed by atoms with E-state index in [1.54, 1.807) is 0 Å². The Morgan fingerprint density at radius 1 is 0.359 bits per heavy atom. The Hall–Kier alpha value is -8.32. The van der Waals surface area contributed by atoms with Gasteiger partial charge in [0.15, 0.2) is 23.3 Å². The van der Waals surface area contributed by atoms with Gasteiger partial charge in [0.2, 0.25) is 0 Å². The summed E-state index contributed by atoms with van der Waals surface area (Å²) in [4.78, 5) is 37.9. The number of aromatic amines is 2. The predicted octanol–water partition coefficient (Wildman–Crippen LogP) is 10.0. The van der Waals surface area contributed by atoms with Crippen LogP contribution < -0.4 is 18.9 Å². The van der Waals surface area contributed by atoms with E-state index in [9.17, 15) is 0 Å². The number of hydrogen-bond acceptors (Lipinski definition) is 10. The molecule has 0 fully saturated rings. The first-order chi connectivity index (χ1) is 31.5. The maximum absolute atomic E-state index is 6.14. The van der Waals surface area contributed by atoms with E-state index in [4.69, 9.17) is 74.5 Å². The molecule has 9 rings (SSSR count). The molecular formula is C52H42N8O4. The summed E-state index contributed by atoms with van der Waals surface area (Å²) in [6.07, 6.45) is 27.4. The summed E-state index contributed by atoms with van der Waals surface area (Å²) in [5, 5.41) is 3.15. The van der Waals surface area contributed by atoms with Crippen molar-refractivity contribution in [1.29, 1.82) is 0 Å². The first-order valence-electron chi connectivity index (χ1n) is 21.2. The zero-order valence-corrected chi connectivity index (χ0v) is 35.0. The first-order valence-corrected chi connectivity index (χ1v) is 21.2. The number of nitrogens with zero attached hydrogens (tertiary/aromatic N) is 6. The van der Waals surface area contributed by atoms with E-state index < -0.39 is 0 Å². The molecule has 0 unspecified atom stereocenters. The van der Waals surface area contributed by atoms with Gasteiger partial charge in [-0.2, -0.15) is 0 Å². The summed E-state index contributed by atoms with van der Waals surface area (Å²) in [5.74, 6) is 15.1. The molecule has 0 radical (unpaired) electrons. The number of nitrogens with one attached hydrogen (secondary N) is 2. The second-order valence-corrected chi connectivity index (χ2v) is 15.1. The normalized spacial score (nSPS) is 11.2. The van der Waals surface area contributed by atoms with Gasteiger partial charge in [-0.25, -0.2) is 29.9 Å². The van der Waals surface area contributed by atoms with E-state index in [-0.39, 0.29) is 0 Å². The molecule has 5 heterocycles. The molecule has 8 bridgehead atoms. The average molecular weight is 843 g/mol. The van der Waals surface area contributed by atoms with Crippen molar-refractivity contribution in [3.05, 3.63) is 72.8 Å². The van der Waals surface area contributed by atoms with Crippen molar-refractivity contribution in [2.45, 2.75) is 51.4 Å². The van der Waals surface area contributed by atoms with E-state index in [1.807, 2.05) is 72.8 Å². The number of hydrogen-bond donors (Lipinski definition) is 2. The van der Waals surface area contributed by atoms with Crippen molar-refractivity contribution in [2.75, 3.05) is 26.4 Å². The number of fused-ring (bicyclic) bond motifs is 20. The second-order valence-electron chi connectivity index (χ2n) is 15.1. The number of aromatic nitrogens is 8. The first kappa shape index (κ1) is 41.1. The fourth-order valence-electron chi connectivity index (χ4n) is 7.53. The van der Waals surface area contributed by atoms with Crippen molar-refractivity contribution in [1.82, 2.24) is 39.9 Å². The number of benzene rings is 4. The monoisotopic (exact) mass is 842 g/mol. The van der Waals surface area contributed by atoms with E-state index in [0.717, 1.165) is 69.5 Å². The van der Waals surface area contributed by atoms with Crippen molar-refractivity contribution < 1.29 is 18.9 Å². The summed E-state index contributed by atoms with van der Waals surface area (Å²) in [6.45, 7) is 1.87. The highest BCUT2D eigenvalue weighted by molar-refractivity contribution is 6.07. The molecular weight excluding hydrogens is 801 g/mol. The average Bonchev–Trinajstić information content (AvgIpc) is 4.04. The van der Waals surface area contributed by atoms with Crippen LogP contribution in [-0.2, 0) is 0 Å². The van der Waals surface area contributed by atoms with Crippen molar-refractivity contribution >= 4 is 44.1 Å². The standard InChI is InChI=1S/C52H42N8O4/c1-5-9-13-25-61-33-17-21-37-41(29-33)49-53-45(37)58-50-43-31-35(63-27-15-11-7-3)19-23-39(43)47(55-50)60-52-44-32-36(64-28-16-12-8-4)20-24-40(44)48(56-52)59-51-42-30-34(62-26-14-10-6-2)18-22-38(42)46(54-51)57-49/h1-4,17-24,29-32H,9-16,25-28H2,(H2,53,54,55,56,57,58,59,60). The zero-order valence-electron chi connectivity index (χ0n) is 35.0. The Labute approximate surface area is 370 Å². The summed E-state index contributed by atoms with van der Waals surface area (Å²) in [6, 6.07) is 23.2. The summed E-state index contributed by atoms with van der Waals surface area (Å²) in [7, 11) is 0. The quantitative estimate of drug-likeness (QED) is 0.0712. The molecule has 0 aliphatic carbocycles. The lowest BCUT2D eigenvalue weighted by Crippen LogP contribution is -1.97. The highest BCUT2D eigenvalue weighted by atomic mass is 16.5. The predicted molar refractivity (Wildman–Crippen MR) is 250 cm³/mol. The van der Waals surface area contributed by atoms with Gasteiger partial charge < -0.3 is 28.9 Å². The minimum Gasteiger partial charge on any atom is -0.494 e. The minimum absolute atomic E-state index is 0.437.